The molecule has 19 heavy (non-hydrogen) atoms. The highest BCUT2D eigenvalue weighted by Crippen LogP contribution is 2.16. The Labute approximate surface area is 115 Å². The second kappa shape index (κ2) is 7.46. The Morgan fingerprint density at radius 3 is 3.16 bits per heavy atom. The normalized spacial score (nSPS) is 19.0. The molecular formula is C15H24N2O2. The van der Waals surface area contributed by atoms with Gasteiger partial charge in [-0.3, -0.25) is 4.98 Å². The molecule has 1 fully saturated rings. The van der Waals surface area contributed by atoms with Crippen LogP contribution >= 0.6 is 0 Å². The van der Waals surface area contributed by atoms with Crippen molar-refractivity contribution in [2.45, 2.75) is 39.3 Å². The molecule has 2 rings (SSSR count). The number of ether oxygens (including phenoxy) is 2. The van der Waals surface area contributed by atoms with Crippen molar-refractivity contribution in [1.29, 1.82) is 0 Å². The van der Waals surface area contributed by atoms with E-state index in [4.69, 9.17) is 9.47 Å². The third-order valence-corrected chi connectivity index (χ3v) is 3.11. The summed E-state index contributed by atoms with van der Waals surface area (Å²) in [5, 5.41) is 3.38. The molecule has 1 saturated heterocycles. The fourth-order valence-electron chi connectivity index (χ4n) is 2.10. The van der Waals surface area contributed by atoms with E-state index in [-0.39, 0.29) is 6.10 Å². The molecule has 1 aliphatic heterocycles. The van der Waals surface area contributed by atoms with E-state index >= 15 is 0 Å². The molecule has 1 unspecified atom stereocenters. The van der Waals surface area contributed by atoms with Gasteiger partial charge in [0.05, 0.1) is 11.8 Å². The molecule has 0 spiro atoms. The first-order chi connectivity index (χ1) is 9.24. The maximum absolute atomic E-state index is 5.77. The number of pyridine rings is 1. The van der Waals surface area contributed by atoms with E-state index in [1.54, 1.807) is 6.20 Å². The summed E-state index contributed by atoms with van der Waals surface area (Å²) < 4.78 is 11.3. The highest BCUT2D eigenvalue weighted by atomic mass is 16.5. The lowest BCUT2D eigenvalue weighted by molar-refractivity contribution is 0.0679. The molecular weight excluding hydrogens is 240 g/mol. The summed E-state index contributed by atoms with van der Waals surface area (Å²) >= 11 is 0. The Morgan fingerprint density at radius 1 is 1.53 bits per heavy atom. The van der Waals surface area contributed by atoms with Crippen LogP contribution in [0.25, 0.3) is 0 Å². The van der Waals surface area contributed by atoms with Crippen molar-refractivity contribution in [3.05, 3.63) is 24.0 Å². The van der Waals surface area contributed by atoms with E-state index in [9.17, 15) is 0 Å². The molecule has 4 heteroatoms. The van der Waals surface area contributed by atoms with Gasteiger partial charge in [0, 0.05) is 25.4 Å². The molecule has 1 aromatic heterocycles. The Balaban J connectivity index is 1.77. The summed E-state index contributed by atoms with van der Waals surface area (Å²) in [4.78, 5) is 4.34. The lowest BCUT2D eigenvalue weighted by atomic mass is 10.2. The van der Waals surface area contributed by atoms with Crippen molar-refractivity contribution in [1.82, 2.24) is 10.3 Å². The van der Waals surface area contributed by atoms with Crippen molar-refractivity contribution >= 4 is 0 Å². The number of hydrogen-bond acceptors (Lipinski definition) is 4. The maximum Gasteiger partial charge on any atom is 0.122 e. The van der Waals surface area contributed by atoms with E-state index < -0.39 is 0 Å². The SMILES string of the molecule is CC(C)CNCc1cc(OCC2CCCO2)ccn1. The molecule has 1 aromatic rings. The highest BCUT2D eigenvalue weighted by Gasteiger charge is 2.15. The number of rotatable bonds is 7. The quantitative estimate of drug-likeness (QED) is 0.821. The topological polar surface area (TPSA) is 43.4 Å². The molecule has 1 atom stereocenters. The first-order valence-electron chi connectivity index (χ1n) is 7.14. The fourth-order valence-corrected chi connectivity index (χ4v) is 2.10. The van der Waals surface area contributed by atoms with Crippen LogP contribution in [0, 0.1) is 5.92 Å². The number of hydrogen-bond donors (Lipinski definition) is 1. The molecule has 2 heterocycles. The molecule has 0 radical (unpaired) electrons. The summed E-state index contributed by atoms with van der Waals surface area (Å²) in [6, 6.07) is 3.91. The van der Waals surface area contributed by atoms with Crippen LogP contribution in [0.3, 0.4) is 0 Å². The van der Waals surface area contributed by atoms with Gasteiger partial charge in [-0.25, -0.2) is 0 Å². The van der Waals surface area contributed by atoms with Gasteiger partial charge in [0.1, 0.15) is 12.4 Å². The second-order valence-electron chi connectivity index (χ2n) is 5.45. The van der Waals surface area contributed by atoms with E-state index in [2.05, 4.69) is 24.1 Å². The lowest BCUT2D eigenvalue weighted by Crippen LogP contribution is -2.20. The van der Waals surface area contributed by atoms with E-state index in [0.717, 1.165) is 44.0 Å². The molecule has 4 nitrogen and oxygen atoms in total. The third kappa shape index (κ3) is 5.17. The average Bonchev–Trinajstić information content (AvgIpc) is 2.89. The smallest absolute Gasteiger partial charge is 0.122 e. The van der Waals surface area contributed by atoms with Crippen LogP contribution in [0.15, 0.2) is 18.3 Å². The summed E-state index contributed by atoms with van der Waals surface area (Å²) in [7, 11) is 0. The van der Waals surface area contributed by atoms with Gasteiger partial charge < -0.3 is 14.8 Å². The Bertz CT molecular complexity index is 376. The van der Waals surface area contributed by atoms with Gasteiger partial charge in [-0.15, -0.1) is 0 Å². The molecule has 1 aliphatic rings. The Hall–Kier alpha value is -1.13. The Kier molecular flexibility index (Phi) is 5.61. The van der Waals surface area contributed by atoms with Crippen LogP contribution in [-0.2, 0) is 11.3 Å². The second-order valence-corrected chi connectivity index (χ2v) is 5.45. The lowest BCUT2D eigenvalue weighted by Gasteiger charge is -2.12. The van der Waals surface area contributed by atoms with Crippen LogP contribution < -0.4 is 10.1 Å². The van der Waals surface area contributed by atoms with Gasteiger partial charge in [-0.05, 0) is 31.4 Å². The van der Waals surface area contributed by atoms with Crippen LogP contribution in [0.5, 0.6) is 5.75 Å². The summed E-state index contributed by atoms with van der Waals surface area (Å²) in [6.45, 7) is 7.69. The van der Waals surface area contributed by atoms with E-state index in [1.807, 2.05) is 12.1 Å². The van der Waals surface area contributed by atoms with Gasteiger partial charge in [0.2, 0.25) is 0 Å². The van der Waals surface area contributed by atoms with Crippen LogP contribution in [0.4, 0.5) is 0 Å². The predicted molar refractivity (Wildman–Crippen MR) is 75.3 cm³/mol. The minimum atomic E-state index is 0.260. The van der Waals surface area contributed by atoms with Gasteiger partial charge in [-0.1, -0.05) is 13.8 Å². The summed E-state index contributed by atoms with van der Waals surface area (Å²) in [6.07, 6.45) is 4.32. The zero-order valence-electron chi connectivity index (χ0n) is 11.9. The molecule has 0 aromatic carbocycles. The standard InChI is InChI=1S/C15H24N2O2/c1-12(2)9-16-10-13-8-14(5-6-17-13)19-11-15-4-3-7-18-15/h5-6,8,12,15-16H,3-4,7,9-11H2,1-2H3. The molecule has 0 saturated carbocycles. The first-order valence-corrected chi connectivity index (χ1v) is 7.14. The first kappa shape index (κ1) is 14.3. The third-order valence-electron chi connectivity index (χ3n) is 3.11. The molecule has 0 bridgehead atoms. The van der Waals surface area contributed by atoms with Crippen molar-refractivity contribution in [3.63, 3.8) is 0 Å². The van der Waals surface area contributed by atoms with Gasteiger partial charge in [0.15, 0.2) is 0 Å². The summed E-state index contributed by atoms with van der Waals surface area (Å²) in [5.41, 5.74) is 1.02. The van der Waals surface area contributed by atoms with Crippen molar-refractivity contribution in [2.24, 2.45) is 5.92 Å². The fraction of sp³-hybridized carbons (Fsp3) is 0.667. The van der Waals surface area contributed by atoms with Crippen LogP contribution in [0.1, 0.15) is 32.4 Å². The molecule has 1 N–H and O–H groups in total. The van der Waals surface area contributed by atoms with Crippen molar-refractivity contribution in [3.8, 4) is 5.75 Å². The maximum atomic E-state index is 5.77. The average molecular weight is 264 g/mol. The van der Waals surface area contributed by atoms with Crippen molar-refractivity contribution in [2.75, 3.05) is 19.8 Å². The molecule has 106 valence electrons. The Morgan fingerprint density at radius 2 is 2.42 bits per heavy atom. The van der Waals surface area contributed by atoms with Gasteiger partial charge in [0.25, 0.3) is 0 Å². The largest absolute Gasteiger partial charge is 0.491 e. The molecule has 0 amide bonds. The number of aromatic nitrogens is 1. The molecule has 0 aliphatic carbocycles. The zero-order valence-corrected chi connectivity index (χ0v) is 11.9. The monoisotopic (exact) mass is 264 g/mol. The van der Waals surface area contributed by atoms with Gasteiger partial charge in [-0.2, -0.15) is 0 Å². The van der Waals surface area contributed by atoms with Crippen LogP contribution in [0.2, 0.25) is 0 Å². The minimum Gasteiger partial charge on any atom is -0.491 e. The van der Waals surface area contributed by atoms with E-state index in [0.29, 0.717) is 12.5 Å². The van der Waals surface area contributed by atoms with Crippen molar-refractivity contribution < 1.29 is 9.47 Å². The minimum absolute atomic E-state index is 0.260. The predicted octanol–water partition coefficient (Wildman–Crippen LogP) is 2.39. The van der Waals surface area contributed by atoms with E-state index in [1.165, 1.54) is 0 Å². The highest BCUT2D eigenvalue weighted by molar-refractivity contribution is 5.22. The zero-order chi connectivity index (χ0) is 13.5. The number of nitrogens with zero attached hydrogens (tertiary/aromatic N) is 1. The van der Waals surface area contributed by atoms with Crippen LogP contribution in [-0.4, -0.2) is 30.8 Å². The number of nitrogens with one attached hydrogen (secondary N) is 1. The summed E-state index contributed by atoms with van der Waals surface area (Å²) in [5.74, 6) is 1.53. The van der Waals surface area contributed by atoms with Gasteiger partial charge >= 0.3 is 0 Å².